The minimum atomic E-state index is -0.300. The quantitative estimate of drug-likeness (QED) is 0.804. The lowest BCUT2D eigenvalue weighted by atomic mass is 10.1. The number of nitrogens with two attached hydrogens (primary N) is 1. The molecule has 2 aromatic carbocycles. The Hall–Kier alpha value is -1.52. The first-order valence-electron chi connectivity index (χ1n) is 6.73. The first kappa shape index (κ1) is 14.9. The fourth-order valence-corrected chi connectivity index (χ4v) is 3.05. The zero-order valence-corrected chi connectivity index (χ0v) is 12.6. The highest BCUT2D eigenvalue weighted by Crippen LogP contribution is 2.24. The molecule has 0 saturated carbocycles. The molecule has 0 aliphatic rings. The molecule has 0 heterocycles. The molecule has 20 heavy (non-hydrogen) atoms. The summed E-state index contributed by atoms with van der Waals surface area (Å²) >= 11 is 1.65. The van der Waals surface area contributed by atoms with Crippen LogP contribution in [0.25, 0.3) is 10.8 Å². The van der Waals surface area contributed by atoms with E-state index in [0.29, 0.717) is 5.75 Å². The van der Waals surface area contributed by atoms with Crippen LogP contribution in [0.4, 0.5) is 0 Å². The number of thioether (sulfide) groups is 1. The van der Waals surface area contributed by atoms with Gasteiger partial charge in [0.25, 0.3) is 0 Å². The molecule has 1 amide bonds. The number of hydrogen-bond donors (Lipinski definition) is 2. The van der Waals surface area contributed by atoms with Crippen molar-refractivity contribution in [2.24, 2.45) is 5.73 Å². The average Bonchev–Trinajstić information content (AvgIpc) is 2.42. The highest BCUT2D eigenvalue weighted by Gasteiger charge is 2.16. The summed E-state index contributed by atoms with van der Waals surface area (Å²) in [5, 5.41) is 5.63. The second kappa shape index (κ2) is 6.77. The van der Waals surface area contributed by atoms with E-state index in [9.17, 15) is 4.79 Å². The van der Waals surface area contributed by atoms with E-state index in [-0.39, 0.29) is 18.0 Å². The summed E-state index contributed by atoms with van der Waals surface area (Å²) in [5.74, 6) is 0.346. The molecule has 3 N–H and O–H groups in total. The van der Waals surface area contributed by atoms with Crippen molar-refractivity contribution in [3.05, 3.63) is 42.5 Å². The van der Waals surface area contributed by atoms with Crippen molar-refractivity contribution in [1.29, 1.82) is 0 Å². The number of fused-ring (bicyclic) bond motifs is 1. The number of primary amides is 1. The SMILES string of the molecule is CC(C)NC(CSc1ccc2ccccc2c1)C(N)=O. The lowest BCUT2D eigenvalue weighted by Gasteiger charge is -2.17. The Morgan fingerprint density at radius 2 is 1.90 bits per heavy atom. The Kier molecular flexibility index (Phi) is 5.04. The van der Waals surface area contributed by atoms with E-state index in [0.717, 1.165) is 4.90 Å². The number of amides is 1. The van der Waals surface area contributed by atoms with Gasteiger partial charge >= 0.3 is 0 Å². The molecule has 2 rings (SSSR count). The van der Waals surface area contributed by atoms with Gasteiger partial charge in [-0.25, -0.2) is 0 Å². The van der Waals surface area contributed by atoms with E-state index in [4.69, 9.17) is 5.73 Å². The summed E-state index contributed by atoms with van der Waals surface area (Å²) in [4.78, 5) is 12.6. The van der Waals surface area contributed by atoms with Crippen LogP contribution in [0, 0.1) is 0 Å². The summed E-state index contributed by atoms with van der Waals surface area (Å²) in [5.41, 5.74) is 5.42. The molecule has 4 heteroatoms. The summed E-state index contributed by atoms with van der Waals surface area (Å²) in [6.07, 6.45) is 0. The molecule has 1 atom stereocenters. The molecule has 106 valence electrons. The van der Waals surface area contributed by atoms with Crippen molar-refractivity contribution < 1.29 is 4.79 Å². The Bertz CT molecular complexity index is 598. The van der Waals surface area contributed by atoms with Crippen LogP contribution in [0.2, 0.25) is 0 Å². The molecular weight excluding hydrogens is 268 g/mol. The van der Waals surface area contributed by atoms with Gasteiger partial charge in [0.2, 0.25) is 5.91 Å². The number of benzene rings is 2. The standard InChI is InChI=1S/C16H20N2OS/c1-11(2)18-15(16(17)19)10-20-14-8-7-12-5-3-4-6-13(12)9-14/h3-9,11,15,18H,10H2,1-2H3,(H2,17,19). The van der Waals surface area contributed by atoms with Crippen LogP contribution in [0.5, 0.6) is 0 Å². The predicted octanol–water partition coefficient (Wildman–Crippen LogP) is 2.78. The van der Waals surface area contributed by atoms with Gasteiger partial charge in [-0.1, -0.05) is 44.2 Å². The third-order valence-corrected chi connectivity index (χ3v) is 4.10. The lowest BCUT2D eigenvalue weighted by molar-refractivity contribution is -0.119. The minimum absolute atomic E-state index is 0.240. The van der Waals surface area contributed by atoms with E-state index in [1.165, 1.54) is 10.8 Å². The molecule has 0 spiro atoms. The van der Waals surface area contributed by atoms with Crippen LogP contribution < -0.4 is 11.1 Å². The van der Waals surface area contributed by atoms with E-state index < -0.39 is 0 Å². The van der Waals surface area contributed by atoms with Crippen molar-refractivity contribution in [1.82, 2.24) is 5.32 Å². The second-order valence-corrected chi connectivity index (χ2v) is 6.19. The first-order chi connectivity index (χ1) is 9.56. The molecule has 0 aliphatic carbocycles. The normalized spacial score (nSPS) is 12.8. The largest absolute Gasteiger partial charge is 0.368 e. The van der Waals surface area contributed by atoms with Gasteiger partial charge < -0.3 is 11.1 Å². The Balaban J connectivity index is 2.05. The Labute approximate surface area is 123 Å². The molecule has 0 fully saturated rings. The zero-order chi connectivity index (χ0) is 14.5. The van der Waals surface area contributed by atoms with Gasteiger partial charge in [-0.2, -0.15) is 0 Å². The van der Waals surface area contributed by atoms with Crippen LogP contribution >= 0.6 is 11.8 Å². The highest BCUT2D eigenvalue weighted by molar-refractivity contribution is 7.99. The van der Waals surface area contributed by atoms with Gasteiger partial charge in [-0.3, -0.25) is 4.79 Å². The number of carbonyl (C=O) groups excluding carboxylic acids is 1. The molecule has 3 nitrogen and oxygen atoms in total. The van der Waals surface area contributed by atoms with Crippen molar-refractivity contribution >= 4 is 28.4 Å². The summed E-state index contributed by atoms with van der Waals surface area (Å²) in [6.45, 7) is 4.02. The lowest BCUT2D eigenvalue weighted by Crippen LogP contribution is -2.46. The van der Waals surface area contributed by atoms with Gasteiger partial charge in [-0.15, -0.1) is 11.8 Å². The highest BCUT2D eigenvalue weighted by atomic mass is 32.2. The number of hydrogen-bond acceptors (Lipinski definition) is 3. The van der Waals surface area contributed by atoms with Crippen molar-refractivity contribution in [3.63, 3.8) is 0 Å². The molecule has 0 aliphatic heterocycles. The fraction of sp³-hybridized carbons (Fsp3) is 0.312. The maximum absolute atomic E-state index is 11.4. The van der Waals surface area contributed by atoms with Gasteiger partial charge in [0, 0.05) is 16.7 Å². The molecule has 0 bridgehead atoms. The fourth-order valence-electron chi connectivity index (χ4n) is 2.05. The van der Waals surface area contributed by atoms with E-state index in [2.05, 4.69) is 35.6 Å². The van der Waals surface area contributed by atoms with Crippen LogP contribution in [0.3, 0.4) is 0 Å². The summed E-state index contributed by atoms with van der Waals surface area (Å²) < 4.78 is 0. The van der Waals surface area contributed by atoms with Crippen molar-refractivity contribution in [2.45, 2.75) is 30.8 Å². The van der Waals surface area contributed by atoms with Crippen LogP contribution in [-0.4, -0.2) is 23.7 Å². The molecule has 0 radical (unpaired) electrons. The van der Waals surface area contributed by atoms with Crippen LogP contribution in [0.15, 0.2) is 47.4 Å². The first-order valence-corrected chi connectivity index (χ1v) is 7.72. The molecule has 0 saturated heterocycles. The minimum Gasteiger partial charge on any atom is -0.368 e. The monoisotopic (exact) mass is 288 g/mol. The van der Waals surface area contributed by atoms with Gasteiger partial charge in [0.1, 0.15) is 0 Å². The van der Waals surface area contributed by atoms with Crippen LogP contribution in [-0.2, 0) is 4.79 Å². The topological polar surface area (TPSA) is 55.1 Å². The number of carbonyl (C=O) groups is 1. The third kappa shape index (κ3) is 3.99. The van der Waals surface area contributed by atoms with E-state index >= 15 is 0 Å². The van der Waals surface area contributed by atoms with Gasteiger partial charge in [-0.05, 0) is 22.9 Å². The van der Waals surface area contributed by atoms with E-state index in [1.807, 2.05) is 26.0 Å². The molecule has 0 aromatic heterocycles. The van der Waals surface area contributed by atoms with Crippen molar-refractivity contribution in [3.8, 4) is 0 Å². The van der Waals surface area contributed by atoms with Crippen LogP contribution in [0.1, 0.15) is 13.8 Å². The van der Waals surface area contributed by atoms with Gasteiger partial charge in [0.05, 0.1) is 6.04 Å². The molecule has 1 unspecified atom stereocenters. The number of rotatable bonds is 6. The summed E-state index contributed by atoms with van der Waals surface area (Å²) in [6, 6.07) is 14.5. The third-order valence-electron chi connectivity index (χ3n) is 3.02. The predicted molar refractivity (Wildman–Crippen MR) is 85.9 cm³/mol. The van der Waals surface area contributed by atoms with Gasteiger partial charge in [0.15, 0.2) is 0 Å². The van der Waals surface area contributed by atoms with Crippen molar-refractivity contribution in [2.75, 3.05) is 5.75 Å². The second-order valence-electron chi connectivity index (χ2n) is 5.10. The molecular formula is C16H20N2OS. The average molecular weight is 288 g/mol. The smallest absolute Gasteiger partial charge is 0.235 e. The summed E-state index contributed by atoms with van der Waals surface area (Å²) in [7, 11) is 0. The maximum Gasteiger partial charge on any atom is 0.235 e. The maximum atomic E-state index is 11.4. The Morgan fingerprint density at radius 3 is 2.55 bits per heavy atom. The Morgan fingerprint density at radius 1 is 1.20 bits per heavy atom. The zero-order valence-electron chi connectivity index (χ0n) is 11.8. The molecule has 2 aromatic rings. The number of nitrogens with one attached hydrogen (secondary N) is 1. The van der Waals surface area contributed by atoms with E-state index in [1.54, 1.807) is 11.8 Å².